The Morgan fingerprint density at radius 2 is 1.84 bits per heavy atom. The Balaban J connectivity index is 0.00000324. The first-order valence-electron chi connectivity index (χ1n) is 7.24. The van der Waals surface area contributed by atoms with Crippen molar-refractivity contribution in [3.63, 3.8) is 0 Å². The minimum absolute atomic E-state index is 0. The van der Waals surface area contributed by atoms with E-state index in [2.05, 4.69) is 26.1 Å². The quantitative estimate of drug-likeness (QED) is 0.756. The molecule has 0 unspecified atom stereocenters. The summed E-state index contributed by atoms with van der Waals surface area (Å²) < 4.78 is 5.60. The lowest BCUT2D eigenvalue weighted by molar-refractivity contribution is -0.132. The number of halogens is 1. The van der Waals surface area contributed by atoms with E-state index in [0.29, 0.717) is 6.54 Å². The highest BCUT2D eigenvalue weighted by molar-refractivity contribution is 5.85. The molecule has 3 N–H and O–H groups in total. The normalized spacial score (nSPS) is 22.9. The van der Waals surface area contributed by atoms with Crippen LogP contribution in [0.3, 0.4) is 0 Å². The second kappa shape index (κ2) is 8.77. The lowest BCUT2D eigenvalue weighted by Gasteiger charge is -2.31. The van der Waals surface area contributed by atoms with E-state index in [1.165, 1.54) is 0 Å². The van der Waals surface area contributed by atoms with E-state index in [-0.39, 0.29) is 35.9 Å². The summed E-state index contributed by atoms with van der Waals surface area (Å²) in [5.74, 6) is 0.0330. The summed E-state index contributed by atoms with van der Waals surface area (Å²) in [6.45, 7) is 7.83. The maximum absolute atomic E-state index is 12.0. The van der Waals surface area contributed by atoms with Gasteiger partial charge in [0.05, 0.1) is 6.10 Å². The Labute approximate surface area is 123 Å². The van der Waals surface area contributed by atoms with Crippen LogP contribution in [0.25, 0.3) is 0 Å². The molecule has 1 amide bonds. The van der Waals surface area contributed by atoms with Gasteiger partial charge in [0, 0.05) is 13.1 Å². The summed E-state index contributed by atoms with van der Waals surface area (Å²) in [4.78, 5) is 12.0. The monoisotopic (exact) mass is 292 g/mol. The van der Waals surface area contributed by atoms with Crippen LogP contribution in [0.1, 0.15) is 52.9 Å². The van der Waals surface area contributed by atoms with Crippen molar-refractivity contribution < 1.29 is 9.53 Å². The Hall–Kier alpha value is -0.320. The topological polar surface area (TPSA) is 64.4 Å². The highest BCUT2D eigenvalue weighted by Crippen LogP contribution is 2.29. The zero-order valence-electron chi connectivity index (χ0n) is 12.4. The average molecular weight is 293 g/mol. The molecular weight excluding hydrogens is 264 g/mol. The molecule has 0 spiro atoms. The lowest BCUT2D eigenvalue weighted by Crippen LogP contribution is -2.42. The molecule has 1 fully saturated rings. The molecule has 1 aliphatic rings. The molecule has 1 saturated heterocycles. The van der Waals surface area contributed by atoms with Gasteiger partial charge in [-0.25, -0.2) is 0 Å². The van der Waals surface area contributed by atoms with Gasteiger partial charge in [-0.1, -0.05) is 20.8 Å². The number of ether oxygens (including phenoxy) is 1. The largest absolute Gasteiger partial charge is 0.364 e. The standard InChI is InChI=1S/C14H28N2O2.ClH/c1-4-14(5-2,6-3)10-16-13(17)12-8-7-11(9-15)18-12;/h11-12H,4-10,15H2,1-3H3,(H,16,17);1H/t11-,12+;/m1./s1. The van der Waals surface area contributed by atoms with E-state index in [1.54, 1.807) is 0 Å². The van der Waals surface area contributed by atoms with Crippen molar-refractivity contribution in [3.05, 3.63) is 0 Å². The molecule has 0 saturated carbocycles. The average Bonchev–Trinajstić information content (AvgIpc) is 2.89. The predicted molar refractivity (Wildman–Crippen MR) is 80.5 cm³/mol. The maximum Gasteiger partial charge on any atom is 0.249 e. The van der Waals surface area contributed by atoms with E-state index in [1.807, 2.05) is 0 Å². The zero-order chi connectivity index (χ0) is 13.6. The molecular formula is C14H29ClN2O2. The van der Waals surface area contributed by atoms with Crippen LogP contribution in [-0.2, 0) is 9.53 Å². The number of hydrogen-bond acceptors (Lipinski definition) is 3. The van der Waals surface area contributed by atoms with Crippen molar-refractivity contribution >= 4 is 18.3 Å². The van der Waals surface area contributed by atoms with Gasteiger partial charge in [-0.3, -0.25) is 4.79 Å². The first kappa shape index (κ1) is 18.7. The number of carbonyl (C=O) groups is 1. The summed E-state index contributed by atoms with van der Waals surface area (Å²) in [7, 11) is 0. The van der Waals surface area contributed by atoms with Crippen molar-refractivity contribution in [2.24, 2.45) is 11.1 Å². The van der Waals surface area contributed by atoms with E-state index in [4.69, 9.17) is 10.5 Å². The third-order valence-electron chi connectivity index (χ3n) is 4.55. The van der Waals surface area contributed by atoms with Crippen LogP contribution in [-0.4, -0.2) is 31.2 Å². The molecule has 0 aromatic heterocycles. The van der Waals surface area contributed by atoms with Gasteiger partial charge in [0.2, 0.25) is 5.91 Å². The molecule has 5 heteroatoms. The second-order valence-corrected chi connectivity index (χ2v) is 5.34. The van der Waals surface area contributed by atoms with E-state index >= 15 is 0 Å². The molecule has 0 radical (unpaired) electrons. The van der Waals surface area contributed by atoms with Gasteiger partial charge in [0.1, 0.15) is 6.10 Å². The number of nitrogens with two attached hydrogens (primary N) is 1. The Morgan fingerprint density at radius 1 is 1.26 bits per heavy atom. The SMILES string of the molecule is CCC(CC)(CC)CNC(=O)[C@@H]1CC[C@H](CN)O1.Cl. The number of rotatable bonds is 7. The van der Waals surface area contributed by atoms with Crippen molar-refractivity contribution in [1.29, 1.82) is 0 Å². The third-order valence-corrected chi connectivity index (χ3v) is 4.55. The Bertz CT molecular complexity index is 262. The number of carbonyl (C=O) groups excluding carboxylic acids is 1. The molecule has 1 heterocycles. The first-order valence-corrected chi connectivity index (χ1v) is 7.24. The summed E-state index contributed by atoms with van der Waals surface area (Å²) in [5.41, 5.74) is 5.78. The van der Waals surface area contributed by atoms with Crippen LogP contribution < -0.4 is 11.1 Å². The molecule has 1 aliphatic heterocycles. The Morgan fingerprint density at radius 3 is 2.26 bits per heavy atom. The van der Waals surface area contributed by atoms with Gasteiger partial charge >= 0.3 is 0 Å². The van der Waals surface area contributed by atoms with Crippen LogP contribution in [0.4, 0.5) is 0 Å². The molecule has 1 rings (SSSR count). The van der Waals surface area contributed by atoms with Crippen molar-refractivity contribution in [3.8, 4) is 0 Å². The molecule has 114 valence electrons. The fourth-order valence-corrected chi connectivity index (χ4v) is 2.59. The number of nitrogens with one attached hydrogen (secondary N) is 1. The van der Waals surface area contributed by atoms with Gasteiger partial charge in [-0.05, 0) is 37.5 Å². The number of amides is 1. The molecule has 0 aliphatic carbocycles. The van der Waals surface area contributed by atoms with Crippen LogP contribution in [0.2, 0.25) is 0 Å². The van der Waals surface area contributed by atoms with Crippen molar-refractivity contribution in [2.75, 3.05) is 13.1 Å². The van der Waals surface area contributed by atoms with Gasteiger partial charge in [0.15, 0.2) is 0 Å². The smallest absolute Gasteiger partial charge is 0.249 e. The minimum atomic E-state index is -0.290. The van der Waals surface area contributed by atoms with E-state index < -0.39 is 0 Å². The fourth-order valence-electron chi connectivity index (χ4n) is 2.59. The molecule has 0 aromatic rings. The predicted octanol–water partition coefficient (Wildman–Crippen LogP) is 2.25. The fraction of sp³-hybridized carbons (Fsp3) is 0.929. The van der Waals surface area contributed by atoms with Gasteiger partial charge in [-0.2, -0.15) is 0 Å². The lowest BCUT2D eigenvalue weighted by atomic mass is 9.80. The highest BCUT2D eigenvalue weighted by atomic mass is 35.5. The van der Waals surface area contributed by atoms with Crippen LogP contribution in [0.5, 0.6) is 0 Å². The molecule has 19 heavy (non-hydrogen) atoms. The molecule has 4 nitrogen and oxygen atoms in total. The van der Waals surface area contributed by atoms with Crippen LogP contribution in [0.15, 0.2) is 0 Å². The summed E-state index contributed by atoms with van der Waals surface area (Å²) in [6.07, 6.45) is 4.75. The molecule has 2 atom stereocenters. The van der Waals surface area contributed by atoms with Gasteiger partial charge in [0.25, 0.3) is 0 Å². The van der Waals surface area contributed by atoms with Crippen LogP contribution in [0, 0.1) is 5.41 Å². The van der Waals surface area contributed by atoms with Gasteiger partial charge in [-0.15, -0.1) is 12.4 Å². The first-order chi connectivity index (χ1) is 8.60. The van der Waals surface area contributed by atoms with Crippen molar-refractivity contribution in [2.45, 2.75) is 65.1 Å². The second-order valence-electron chi connectivity index (χ2n) is 5.34. The highest BCUT2D eigenvalue weighted by Gasteiger charge is 2.31. The van der Waals surface area contributed by atoms with E-state index in [9.17, 15) is 4.79 Å². The third kappa shape index (κ3) is 4.93. The summed E-state index contributed by atoms with van der Waals surface area (Å²) in [5, 5.41) is 3.06. The van der Waals surface area contributed by atoms with E-state index in [0.717, 1.165) is 38.6 Å². The van der Waals surface area contributed by atoms with Crippen LogP contribution >= 0.6 is 12.4 Å². The van der Waals surface area contributed by atoms with Gasteiger partial charge < -0.3 is 15.8 Å². The Kier molecular flexibility index (Phi) is 8.62. The minimum Gasteiger partial charge on any atom is -0.364 e. The van der Waals surface area contributed by atoms with Crippen molar-refractivity contribution in [1.82, 2.24) is 5.32 Å². The summed E-state index contributed by atoms with van der Waals surface area (Å²) in [6, 6.07) is 0. The molecule has 0 bridgehead atoms. The zero-order valence-corrected chi connectivity index (χ0v) is 13.2. The maximum atomic E-state index is 12.0. The molecule has 0 aromatic carbocycles. The summed E-state index contributed by atoms with van der Waals surface area (Å²) >= 11 is 0. The number of hydrogen-bond donors (Lipinski definition) is 2.